The maximum Gasteiger partial charge on any atom is 0.471 e. The molecule has 0 saturated carbocycles. The lowest BCUT2D eigenvalue weighted by molar-refractivity contribution is -0.167. The number of anilines is 1. The highest BCUT2D eigenvalue weighted by atomic mass is 32.2. The molecule has 0 heterocycles. The van der Waals surface area contributed by atoms with E-state index in [9.17, 15) is 22.8 Å². The maximum absolute atomic E-state index is 12.3. The van der Waals surface area contributed by atoms with Crippen molar-refractivity contribution in [2.24, 2.45) is 0 Å². The lowest BCUT2D eigenvalue weighted by Crippen LogP contribution is -2.29. The topological polar surface area (TPSA) is 46.2 Å². The second kappa shape index (κ2) is 8.02. The van der Waals surface area contributed by atoms with Gasteiger partial charge in [0, 0.05) is 16.1 Å². The molecule has 0 aliphatic heterocycles. The lowest BCUT2D eigenvalue weighted by Gasteiger charge is -2.08. The third-order valence-electron chi connectivity index (χ3n) is 3.20. The van der Waals surface area contributed by atoms with Crippen molar-refractivity contribution in [1.82, 2.24) is 0 Å². The van der Waals surface area contributed by atoms with E-state index >= 15 is 0 Å². The molecule has 0 spiro atoms. The SMILES string of the molecule is CSc1ccc(C(=O)/C=C/c2cccc(NC(=O)C(F)(F)F)c2)cc1. The van der Waals surface area contributed by atoms with Crippen LogP contribution < -0.4 is 5.32 Å². The molecule has 0 aliphatic rings. The first-order valence-electron chi connectivity index (χ1n) is 7.14. The maximum atomic E-state index is 12.3. The van der Waals surface area contributed by atoms with Crippen LogP contribution in [0, 0.1) is 0 Å². The number of nitrogens with one attached hydrogen (secondary N) is 1. The number of alkyl halides is 3. The third-order valence-corrected chi connectivity index (χ3v) is 3.95. The highest BCUT2D eigenvalue weighted by Crippen LogP contribution is 2.20. The van der Waals surface area contributed by atoms with Gasteiger partial charge in [0.05, 0.1) is 0 Å². The van der Waals surface area contributed by atoms with E-state index in [1.165, 1.54) is 30.4 Å². The van der Waals surface area contributed by atoms with Crippen LogP contribution in [0.3, 0.4) is 0 Å². The van der Waals surface area contributed by atoms with E-state index in [4.69, 9.17) is 0 Å². The summed E-state index contributed by atoms with van der Waals surface area (Å²) in [5.74, 6) is -2.27. The summed E-state index contributed by atoms with van der Waals surface area (Å²) in [7, 11) is 0. The number of amides is 1. The van der Waals surface area contributed by atoms with Crippen molar-refractivity contribution < 1.29 is 22.8 Å². The molecule has 0 aromatic heterocycles. The molecule has 0 atom stereocenters. The minimum Gasteiger partial charge on any atom is -0.318 e. The molecule has 7 heteroatoms. The fourth-order valence-electron chi connectivity index (χ4n) is 1.95. The van der Waals surface area contributed by atoms with Gasteiger partial charge in [0.2, 0.25) is 0 Å². The van der Waals surface area contributed by atoms with Gasteiger partial charge in [-0.2, -0.15) is 13.2 Å². The number of benzene rings is 2. The van der Waals surface area contributed by atoms with Crippen LogP contribution in [0.25, 0.3) is 6.08 Å². The summed E-state index contributed by atoms with van der Waals surface area (Å²) in [5.41, 5.74) is 1.01. The standard InChI is InChI=1S/C18H14F3NO2S/c1-25-15-8-6-13(7-9-15)16(23)10-5-12-3-2-4-14(11-12)22-17(24)18(19,20)21/h2-11H,1H3,(H,22,24)/b10-5+. The molecule has 1 amide bonds. The summed E-state index contributed by atoms with van der Waals surface area (Å²) in [4.78, 5) is 24.1. The number of hydrogen-bond donors (Lipinski definition) is 1. The van der Waals surface area contributed by atoms with E-state index in [0.717, 1.165) is 4.90 Å². The number of carbonyl (C=O) groups is 2. The third kappa shape index (κ3) is 5.49. The fraction of sp³-hybridized carbons (Fsp3) is 0.111. The largest absolute Gasteiger partial charge is 0.471 e. The summed E-state index contributed by atoms with van der Waals surface area (Å²) in [6.45, 7) is 0. The predicted molar refractivity (Wildman–Crippen MR) is 92.7 cm³/mol. The van der Waals surface area contributed by atoms with Gasteiger partial charge >= 0.3 is 12.1 Å². The first kappa shape index (κ1) is 18.8. The molecule has 25 heavy (non-hydrogen) atoms. The van der Waals surface area contributed by atoms with Crippen LogP contribution in [0.1, 0.15) is 15.9 Å². The molecule has 0 radical (unpaired) electrons. The van der Waals surface area contributed by atoms with Crippen molar-refractivity contribution in [2.45, 2.75) is 11.1 Å². The number of hydrogen-bond acceptors (Lipinski definition) is 3. The molecule has 2 aromatic rings. The van der Waals surface area contributed by atoms with Gasteiger partial charge in [-0.05, 0) is 54.3 Å². The summed E-state index contributed by atoms with van der Waals surface area (Å²) < 4.78 is 36.8. The zero-order chi connectivity index (χ0) is 18.4. The lowest BCUT2D eigenvalue weighted by atomic mass is 10.1. The Morgan fingerprint density at radius 2 is 1.76 bits per heavy atom. The zero-order valence-electron chi connectivity index (χ0n) is 13.1. The number of allylic oxidation sites excluding steroid dienone is 1. The number of halogens is 3. The zero-order valence-corrected chi connectivity index (χ0v) is 13.9. The molecule has 1 N–H and O–H groups in total. The van der Waals surface area contributed by atoms with Crippen molar-refractivity contribution in [2.75, 3.05) is 11.6 Å². The molecular formula is C18H14F3NO2S. The molecule has 2 aromatic carbocycles. The second-order valence-electron chi connectivity index (χ2n) is 5.00. The molecule has 130 valence electrons. The van der Waals surface area contributed by atoms with Gasteiger partial charge < -0.3 is 5.32 Å². The van der Waals surface area contributed by atoms with Crippen molar-refractivity contribution in [1.29, 1.82) is 0 Å². The normalized spacial score (nSPS) is 11.5. The Morgan fingerprint density at radius 1 is 1.08 bits per heavy atom. The highest BCUT2D eigenvalue weighted by Gasteiger charge is 2.38. The Bertz CT molecular complexity index is 799. The minimum absolute atomic E-state index is 0.00116. The fourth-order valence-corrected chi connectivity index (χ4v) is 2.35. The summed E-state index contributed by atoms with van der Waals surface area (Å²) in [6.07, 6.45) is -0.209. The van der Waals surface area contributed by atoms with E-state index in [-0.39, 0.29) is 11.5 Å². The van der Waals surface area contributed by atoms with Crippen LogP contribution in [0.4, 0.5) is 18.9 Å². The molecule has 0 saturated heterocycles. The molecule has 0 unspecified atom stereocenters. The van der Waals surface area contributed by atoms with E-state index in [0.29, 0.717) is 11.1 Å². The molecule has 0 fully saturated rings. The van der Waals surface area contributed by atoms with Crippen LogP contribution in [-0.2, 0) is 4.79 Å². The van der Waals surface area contributed by atoms with Crippen LogP contribution in [0.2, 0.25) is 0 Å². The number of rotatable bonds is 5. The average Bonchev–Trinajstić information content (AvgIpc) is 2.59. The van der Waals surface area contributed by atoms with E-state index in [2.05, 4.69) is 0 Å². The monoisotopic (exact) mass is 365 g/mol. The number of ketones is 1. The second-order valence-corrected chi connectivity index (χ2v) is 5.88. The summed E-state index contributed by atoms with van der Waals surface area (Å²) >= 11 is 1.56. The Kier molecular flexibility index (Phi) is 6.03. The van der Waals surface area contributed by atoms with Crippen molar-refractivity contribution in [3.63, 3.8) is 0 Å². The van der Waals surface area contributed by atoms with Crippen molar-refractivity contribution in [3.8, 4) is 0 Å². The van der Waals surface area contributed by atoms with Crippen LogP contribution in [0.15, 0.2) is 59.5 Å². The first-order chi connectivity index (χ1) is 11.8. The first-order valence-corrected chi connectivity index (χ1v) is 8.37. The highest BCUT2D eigenvalue weighted by molar-refractivity contribution is 7.98. The van der Waals surface area contributed by atoms with Crippen LogP contribution in [0.5, 0.6) is 0 Å². The van der Waals surface area contributed by atoms with Gasteiger partial charge in [-0.25, -0.2) is 0 Å². The molecule has 0 bridgehead atoms. The average molecular weight is 365 g/mol. The van der Waals surface area contributed by atoms with Crippen LogP contribution >= 0.6 is 11.8 Å². The van der Waals surface area contributed by atoms with E-state index in [1.807, 2.05) is 18.4 Å². The molecule has 0 aliphatic carbocycles. The number of carbonyl (C=O) groups excluding carboxylic acids is 2. The van der Waals surface area contributed by atoms with E-state index in [1.54, 1.807) is 35.3 Å². The molecule has 3 nitrogen and oxygen atoms in total. The minimum atomic E-state index is -4.95. The van der Waals surface area contributed by atoms with Crippen molar-refractivity contribution in [3.05, 3.63) is 65.7 Å². The van der Waals surface area contributed by atoms with Gasteiger partial charge in [0.25, 0.3) is 0 Å². The Labute approximate surface area is 146 Å². The van der Waals surface area contributed by atoms with Gasteiger partial charge in [-0.3, -0.25) is 9.59 Å². The van der Waals surface area contributed by atoms with Gasteiger partial charge in [-0.15, -0.1) is 11.8 Å². The van der Waals surface area contributed by atoms with Gasteiger partial charge in [-0.1, -0.05) is 18.2 Å². The quantitative estimate of drug-likeness (QED) is 0.470. The van der Waals surface area contributed by atoms with E-state index < -0.39 is 12.1 Å². The van der Waals surface area contributed by atoms with Crippen LogP contribution in [-0.4, -0.2) is 24.1 Å². The Morgan fingerprint density at radius 3 is 2.36 bits per heavy atom. The molecule has 2 rings (SSSR count). The smallest absolute Gasteiger partial charge is 0.318 e. The number of thioether (sulfide) groups is 1. The van der Waals surface area contributed by atoms with Gasteiger partial charge in [0.1, 0.15) is 0 Å². The van der Waals surface area contributed by atoms with Crippen molar-refractivity contribution >= 4 is 35.2 Å². The summed E-state index contributed by atoms with van der Waals surface area (Å²) in [6, 6.07) is 12.9. The van der Waals surface area contributed by atoms with Gasteiger partial charge in [0.15, 0.2) is 5.78 Å². The Balaban J connectivity index is 2.08. The predicted octanol–water partition coefficient (Wildman–Crippen LogP) is 4.81. The Hall–Kier alpha value is -2.54. The molecular weight excluding hydrogens is 351 g/mol. The summed E-state index contributed by atoms with van der Waals surface area (Å²) in [5, 5.41) is 1.77.